The van der Waals surface area contributed by atoms with Gasteiger partial charge >= 0.3 is 0 Å². The zero-order valence-corrected chi connectivity index (χ0v) is 9.79. The fraction of sp³-hybridized carbons (Fsp3) is 0. The quantitative estimate of drug-likeness (QED) is 0.490. The summed E-state index contributed by atoms with van der Waals surface area (Å²) >= 11 is 4.63. The van der Waals surface area contributed by atoms with Gasteiger partial charge in [0.05, 0.1) is 0 Å². The summed E-state index contributed by atoms with van der Waals surface area (Å²) in [7, 11) is 0. The summed E-state index contributed by atoms with van der Waals surface area (Å²) in [5.74, 6) is 0. The standard InChI is InChI=1S/C6H4I2.C2H4/c7-5-3-1-2-4-6(5)8;1-2/h1-4H;1-2H2. The zero-order chi connectivity index (χ0) is 7.98. The molecular formula is C8H8I2. The zero-order valence-electron chi connectivity index (χ0n) is 5.48. The predicted molar refractivity (Wildman–Crippen MR) is 63.1 cm³/mol. The largest absolute Gasteiger partial charge is 0.106 e. The molecule has 0 N–H and O–H groups in total. The Bertz CT molecular complexity index is 175. The normalized spacial score (nSPS) is 7.80. The second-order valence-electron chi connectivity index (χ2n) is 1.41. The molecular weight excluding hydrogens is 350 g/mol. The Balaban J connectivity index is 0.000000371. The molecule has 0 radical (unpaired) electrons. The van der Waals surface area contributed by atoms with E-state index >= 15 is 0 Å². The van der Waals surface area contributed by atoms with Gasteiger partial charge in [-0.2, -0.15) is 0 Å². The maximum absolute atomic E-state index is 3.00. The highest BCUT2D eigenvalue weighted by molar-refractivity contribution is 14.1. The van der Waals surface area contributed by atoms with E-state index in [0.717, 1.165) is 0 Å². The lowest BCUT2D eigenvalue weighted by atomic mass is 10.4. The van der Waals surface area contributed by atoms with Gasteiger partial charge in [-0.3, -0.25) is 0 Å². The lowest BCUT2D eigenvalue weighted by molar-refractivity contribution is 1.58. The molecule has 0 saturated carbocycles. The van der Waals surface area contributed by atoms with Crippen LogP contribution in [0.4, 0.5) is 0 Å². The van der Waals surface area contributed by atoms with Crippen LogP contribution in [0.2, 0.25) is 0 Å². The van der Waals surface area contributed by atoms with Crippen molar-refractivity contribution >= 4 is 45.2 Å². The van der Waals surface area contributed by atoms with E-state index in [9.17, 15) is 0 Å². The minimum atomic E-state index is 1.32. The van der Waals surface area contributed by atoms with Crippen molar-refractivity contribution in [3.05, 3.63) is 44.6 Å². The van der Waals surface area contributed by atoms with Crippen molar-refractivity contribution in [1.29, 1.82) is 0 Å². The highest BCUT2D eigenvalue weighted by Crippen LogP contribution is 2.12. The van der Waals surface area contributed by atoms with Crippen molar-refractivity contribution in [3.63, 3.8) is 0 Å². The van der Waals surface area contributed by atoms with Crippen LogP contribution in [0.3, 0.4) is 0 Å². The van der Waals surface area contributed by atoms with Crippen LogP contribution in [-0.2, 0) is 0 Å². The first-order chi connectivity index (χ1) is 4.80. The van der Waals surface area contributed by atoms with E-state index in [1.54, 1.807) is 0 Å². The van der Waals surface area contributed by atoms with Gasteiger partial charge in [-0.05, 0) is 57.3 Å². The summed E-state index contributed by atoms with van der Waals surface area (Å²) in [4.78, 5) is 0. The Hall–Kier alpha value is 0.420. The van der Waals surface area contributed by atoms with E-state index in [2.05, 4.69) is 70.5 Å². The van der Waals surface area contributed by atoms with E-state index < -0.39 is 0 Å². The van der Waals surface area contributed by atoms with E-state index in [1.165, 1.54) is 7.14 Å². The molecule has 0 unspecified atom stereocenters. The number of rotatable bonds is 0. The molecule has 1 aromatic rings. The first-order valence-corrected chi connectivity index (χ1v) is 4.86. The van der Waals surface area contributed by atoms with Crippen LogP contribution in [0.1, 0.15) is 0 Å². The maximum atomic E-state index is 3.00. The van der Waals surface area contributed by atoms with Crippen LogP contribution >= 0.6 is 45.2 Å². The molecule has 0 bridgehead atoms. The van der Waals surface area contributed by atoms with Gasteiger partial charge in [0, 0.05) is 7.14 Å². The Morgan fingerprint density at radius 2 is 1.20 bits per heavy atom. The number of hydrogen-bond donors (Lipinski definition) is 0. The Morgan fingerprint density at radius 1 is 0.900 bits per heavy atom. The molecule has 10 heavy (non-hydrogen) atoms. The van der Waals surface area contributed by atoms with Crippen LogP contribution in [-0.4, -0.2) is 0 Å². The van der Waals surface area contributed by atoms with Crippen LogP contribution in [0.15, 0.2) is 37.4 Å². The molecule has 1 rings (SSSR count). The second-order valence-corrected chi connectivity index (χ2v) is 3.74. The van der Waals surface area contributed by atoms with Gasteiger partial charge in [0.1, 0.15) is 0 Å². The molecule has 0 atom stereocenters. The van der Waals surface area contributed by atoms with Crippen LogP contribution in [0.5, 0.6) is 0 Å². The van der Waals surface area contributed by atoms with E-state index in [-0.39, 0.29) is 0 Å². The van der Waals surface area contributed by atoms with Gasteiger partial charge < -0.3 is 0 Å². The fourth-order valence-corrected chi connectivity index (χ4v) is 1.21. The van der Waals surface area contributed by atoms with Crippen molar-refractivity contribution < 1.29 is 0 Å². The molecule has 0 aromatic heterocycles. The summed E-state index contributed by atoms with van der Waals surface area (Å²) in [6, 6.07) is 8.29. The molecule has 0 spiro atoms. The summed E-state index contributed by atoms with van der Waals surface area (Å²) in [6.07, 6.45) is 0. The third kappa shape index (κ3) is 3.55. The van der Waals surface area contributed by atoms with Crippen LogP contribution in [0.25, 0.3) is 0 Å². The first kappa shape index (κ1) is 10.4. The van der Waals surface area contributed by atoms with Gasteiger partial charge in [0.15, 0.2) is 0 Å². The fourth-order valence-electron chi connectivity index (χ4n) is 0.439. The highest BCUT2D eigenvalue weighted by Gasteiger charge is 1.87. The predicted octanol–water partition coefficient (Wildman–Crippen LogP) is 3.70. The van der Waals surface area contributed by atoms with Crippen molar-refractivity contribution in [2.45, 2.75) is 0 Å². The molecule has 0 saturated heterocycles. The molecule has 54 valence electrons. The molecule has 0 aliphatic rings. The summed E-state index contributed by atoms with van der Waals surface area (Å²) in [6.45, 7) is 6.00. The average Bonchev–Trinajstić information content (AvgIpc) is 2.00. The summed E-state index contributed by atoms with van der Waals surface area (Å²) in [5, 5.41) is 0. The van der Waals surface area contributed by atoms with E-state index in [4.69, 9.17) is 0 Å². The molecule has 2 heteroatoms. The van der Waals surface area contributed by atoms with Gasteiger partial charge in [-0.1, -0.05) is 12.1 Å². The third-order valence-electron chi connectivity index (χ3n) is 0.824. The number of benzene rings is 1. The molecule has 0 nitrogen and oxygen atoms in total. The minimum absolute atomic E-state index is 1.32. The lowest BCUT2D eigenvalue weighted by Crippen LogP contribution is -1.73. The summed E-state index contributed by atoms with van der Waals surface area (Å²) < 4.78 is 2.65. The molecule has 0 aliphatic carbocycles. The molecule has 0 aliphatic heterocycles. The Morgan fingerprint density at radius 3 is 1.40 bits per heavy atom. The Labute approximate surface area is 89.0 Å². The minimum Gasteiger partial charge on any atom is -0.106 e. The van der Waals surface area contributed by atoms with E-state index in [0.29, 0.717) is 0 Å². The van der Waals surface area contributed by atoms with Gasteiger partial charge in [0.25, 0.3) is 0 Å². The van der Waals surface area contributed by atoms with Gasteiger partial charge in [-0.15, -0.1) is 13.2 Å². The lowest BCUT2D eigenvalue weighted by Gasteiger charge is -1.89. The third-order valence-corrected chi connectivity index (χ3v) is 3.74. The molecule has 0 heterocycles. The molecule has 1 aromatic carbocycles. The van der Waals surface area contributed by atoms with Crippen molar-refractivity contribution in [2.75, 3.05) is 0 Å². The monoisotopic (exact) mass is 358 g/mol. The topological polar surface area (TPSA) is 0 Å². The van der Waals surface area contributed by atoms with Crippen molar-refractivity contribution in [2.24, 2.45) is 0 Å². The second kappa shape index (κ2) is 6.15. The van der Waals surface area contributed by atoms with Crippen LogP contribution in [0, 0.1) is 7.14 Å². The maximum Gasteiger partial charge on any atom is 0.0263 e. The smallest absolute Gasteiger partial charge is 0.0263 e. The van der Waals surface area contributed by atoms with Gasteiger partial charge in [-0.25, -0.2) is 0 Å². The molecule has 0 fully saturated rings. The molecule has 0 amide bonds. The van der Waals surface area contributed by atoms with Crippen molar-refractivity contribution in [3.8, 4) is 0 Å². The first-order valence-electron chi connectivity index (χ1n) is 2.71. The average molecular weight is 358 g/mol. The SMILES string of the molecule is C=C.Ic1ccccc1I. The Kier molecular flexibility index (Phi) is 6.41. The van der Waals surface area contributed by atoms with Gasteiger partial charge in [0.2, 0.25) is 0 Å². The highest BCUT2D eigenvalue weighted by atomic mass is 127. The number of hydrogen-bond acceptors (Lipinski definition) is 0. The van der Waals surface area contributed by atoms with E-state index in [1.807, 2.05) is 12.1 Å². The van der Waals surface area contributed by atoms with Crippen LogP contribution < -0.4 is 0 Å². The number of halogens is 2. The van der Waals surface area contributed by atoms with Crippen molar-refractivity contribution in [1.82, 2.24) is 0 Å². The summed E-state index contributed by atoms with van der Waals surface area (Å²) in [5.41, 5.74) is 0.